The summed E-state index contributed by atoms with van der Waals surface area (Å²) in [5.41, 5.74) is 0. The van der Waals surface area contributed by atoms with Crippen molar-refractivity contribution in [3.05, 3.63) is 36.6 Å². The first-order chi connectivity index (χ1) is 6.47. The molecule has 74 valence electrons. The predicted molar refractivity (Wildman–Crippen MR) is 60.5 cm³/mol. The van der Waals surface area contributed by atoms with E-state index >= 15 is 0 Å². The fraction of sp³-hybridized carbons (Fsp3) is 0.500. The molecule has 1 N–H and O–H groups in total. The third kappa shape index (κ3) is 3.49. The lowest BCUT2D eigenvalue weighted by atomic mass is 9.98. The monoisotopic (exact) mass is 179 g/mol. The van der Waals surface area contributed by atoms with Gasteiger partial charge in [-0.25, -0.2) is 0 Å². The Morgan fingerprint density at radius 3 is 2.08 bits per heavy atom. The lowest BCUT2D eigenvalue weighted by Crippen LogP contribution is -2.23. The zero-order valence-electron chi connectivity index (χ0n) is 9.12. The molecule has 0 radical (unpaired) electrons. The summed E-state index contributed by atoms with van der Waals surface area (Å²) < 4.78 is 0. The van der Waals surface area contributed by atoms with Crippen LogP contribution < -0.4 is 5.32 Å². The zero-order valence-corrected chi connectivity index (χ0v) is 9.12. The van der Waals surface area contributed by atoms with Crippen LogP contribution in [0.3, 0.4) is 0 Å². The zero-order chi connectivity index (χ0) is 10.1. The van der Waals surface area contributed by atoms with E-state index in [4.69, 9.17) is 0 Å². The van der Waals surface area contributed by atoms with Crippen LogP contribution in [0, 0.1) is 5.92 Å². The van der Waals surface area contributed by atoms with Crippen molar-refractivity contribution >= 4 is 0 Å². The summed E-state index contributed by atoms with van der Waals surface area (Å²) in [6.45, 7) is 8.00. The van der Waals surface area contributed by atoms with Gasteiger partial charge < -0.3 is 5.32 Å². The van der Waals surface area contributed by atoms with Crippen molar-refractivity contribution in [3.8, 4) is 0 Å². The highest BCUT2D eigenvalue weighted by Gasteiger charge is 2.17. The molecule has 1 heterocycles. The normalized spacial score (nSPS) is 26.2. The molecule has 1 aliphatic carbocycles. The molecule has 1 heteroatoms. The van der Waals surface area contributed by atoms with Gasteiger partial charge in [-0.2, -0.15) is 0 Å². The van der Waals surface area contributed by atoms with Crippen molar-refractivity contribution in [3.63, 3.8) is 0 Å². The van der Waals surface area contributed by atoms with Crippen LogP contribution in [-0.4, -0.2) is 6.04 Å². The Hall–Kier alpha value is -0.980. The van der Waals surface area contributed by atoms with Gasteiger partial charge in [-0.15, -0.1) is 0 Å². The van der Waals surface area contributed by atoms with E-state index in [2.05, 4.69) is 35.7 Å². The molecular formula is C12H21N. The Bertz CT molecular complexity index is 189. The van der Waals surface area contributed by atoms with Crippen LogP contribution in [-0.2, 0) is 0 Å². The Morgan fingerprint density at radius 1 is 0.846 bits per heavy atom. The number of allylic oxidation sites excluding steroid dienone is 2. The number of rotatable bonds is 0. The second-order valence-electron chi connectivity index (χ2n) is 2.40. The minimum absolute atomic E-state index is 0.537. The SMILES string of the molecule is C1=CC2C=CNC2C=C1.CC.CC. The van der Waals surface area contributed by atoms with Crippen LogP contribution in [0.25, 0.3) is 0 Å². The predicted octanol–water partition coefficient (Wildman–Crippen LogP) is 3.27. The van der Waals surface area contributed by atoms with Crippen LogP contribution in [0.15, 0.2) is 36.6 Å². The third-order valence-corrected chi connectivity index (χ3v) is 1.78. The van der Waals surface area contributed by atoms with E-state index in [-0.39, 0.29) is 0 Å². The van der Waals surface area contributed by atoms with Crippen LogP contribution in [0.2, 0.25) is 0 Å². The highest BCUT2D eigenvalue weighted by Crippen LogP contribution is 2.17. The second-order valence-corrected chi connectivity index (χ2v) is 2.40. The van der Waals surface area contributed by atoms with E-state index in [0.29, 0.717) is 12.0 Å². The van der Waals surface area contributed by atoms with Crippen LogP contribution in [0.5, 0.6) is 0 Å². The Labute approximate surface area is 82.2 Å². The van der Waals surface area contributed by atoms with Crippen molar-refractivity contribution in [1.29, 1.82) is 0 Å². The maximum Gasteiger partial charge on any atom is 0.0540 e. The molecule has 0 fully saturated rings. The number of fused-ring (bicyclic) bond motifs is 1. The summed E-state index contributed by atoms with van der Waals surface area (Å²) in [6.07, 6.45) is 12.8. The molecule has 0 saturated heterocycles. The van der Waals surface area contributed by atoms with Gasteiger partial charge in [-0.05, 0) is 6.20 Å². The quantitative estimate of drug-likeness (QED) is 0.602. The molecule has 2 aliphatic rings. The van der Waals surface area contributed by atoms with Crippen molar-refractivity contribution in [1.82, 2.24) is 5.32 Å². The summed E-state index contributed by atoms with van der Waals surface area (Å²) in [5.74, 6) is 0.606. The van der Waals surface area contributed by atoms with Crippen LogP contribution in [0.1, 0.15) is 27.7 Å². The van der Waals surface area contributed by atoms with Crippen molar-refractivity contribution in [2.24, 2.45) is 5.92 Å². The molecule has 13 heavy (non-hydrogen) atoms. The molecule has 0 saturated carbocycles. The number of hydrogen-bond acceptors (Lipinski definition) is 1. The summed E-state index contributed by atoms with van der Waals surface area (Å²) in [5, 5.41) is 3.24. The van der Waals surface area contributed by atoms with Gasteiger partial charge in [-0.1, -0.05) is 58.1 Å². The van der Waals surface area contributed by atoms with Gasteiger partial charge >= 0.3 is 0 Å². The second kappa shape index (κ2) is 7.66. The molecule has 2 atom stereocenters. The molecule has 0 aromatic rings. The molecule has 2 rings (SSSR count). The Morgan fingerprint density at radius 2 is 1.46 bits per heavy atom. The maximum absolute atomic E-state index is 3.24. The van der Waals surface area contributed by atoms with Crippen molar-refractivity contribution in [2.45, 2.75) is 33.7 Å². The molecule has 0 aromatic heterocycles. The topological polar surface area (TPSA) is 12.0 Å². The molecule has 0 bridgehead atoms. The summed E-state index contributed by atoms with van der Waals surface area (Å²) in [7, 11) is 0. The maximum atomic E-state index is 3.24. The molecule has 1 nitrogen and oxygen atoms in total. The fourth-order valence-corrected chi connectivity index (χ4v) is 1.25. The van der Waals surface area contributed by atoms with Crippen LogP contribution >= 0.6 is 0 Å². The fourth-order valence-electron chi connectivity index (χ4n) is 1.25. The summed E-state index contributed by atoms with van der Waals surface area (Å²) >= 11 is 0. The highest BCUT2D eigenvalue weighted by atomic mass is 14.9. The largest absolute Gasteiger partial charge is 0.384 e. The van der Waals surface area contributed by atoms with E-state index in [1.165, 1.54) is 0 Å². The minimum Gasteiger partial charge on any atom is -0.384 e. The molecule has 0 aromatic carbocycles. The van der Waals surface area contributed by atoms with E-state index in [0.717, 1.165) is 0 Å². The summed E-state index contributed by atoms with van der Waals surface area (Å²) in [4.78, 5) is 0. The van der Waals surface area contributed by atoms with Crippen molar-refractivity contribution in [2.75, 3.05) is 0 Å². The average Bonchev–Trinajstić information content (AvgIpc) is 2.71. The standard InChI is InChI=1S/C8H9N.2C2H6/c1-2-4-8-7(3-1)5-6-9-8;2*1-2/h1-9H;2*1-2H3. The highest BCUT2D eigenvalue weighted by molar-refractivity contribution is 5.25. The molecule has 1 aliphatic heterocycles. The number of nitrogens with one attached hydrogen (secondary N) is 1. The van der Waals surface area contributed by atoms with Gasteiger partial charge in [0.05, 0.1) is 6.04 Å². The van der Waals surface area contributed by atoms with Crippen molar-refractivity contribution < 1.29 is 0 Å². The first-order valence-electron chi connectivity index (χ1n) is 5.24. The van der Waals surface area contributed by atoms with Gasteiger partial charge in [0.1, 0.15) is 0 Å². The lowest BCUT2D eigenvalue weighted by Gasteiger charge is -2.14. The molecule has 0 spiro atoms. The molecular weight excluding hydrogens is 158 g/mol. The molecule has 2 unspecified atom stereocenters. The van der Waals surface area contributed by atoms with E-state index in [1.807, 2.05) is 33.9 Å². The van der Waals surface area contributed by atoms with Gasteiger partial charge in [0.15, 0.2) is 0 Å². The van der Waals surface area contributed by atoms with Crippen LogP contribution in [0.4, 0.5) is 0 Å². The Kier molecular flexibility index (Phi) is 7.08. The first-order valence-corrected chi connectivity index (χ1v) is 5.24. The van der Waals surface area contributed by atoms with E-state index in [9.17, 15) is 0 Å². The lowest BCUT2D eigenvalue weighted by molar-refractivity contribution is 0.649. The Balaban J connectivity index is 0.000000322. The van der Waals surface area contributed by atoms with Gasteiger partial charge in [0, 0.05) is 5.92 Å². The third-order valence-electron chi connectivity index (χ3n) is 1.78. The van der Waals surface area contributed by atoms with Gasteiger partial charge in [-0.3, -0.25) is 0 Å². The van der Waals surface area contributed by atoms with Gasteiger partial charge in [0.2, 0.25) is 0 Å². The van der Waals surface area contributed by atoms with Gasteiger partial charge in [0.25, 0.3) is 0 Å². The average molecular weight is 179 g/mol. The van der Waals surface area contributed by atoms with E-state index in [1.54, 1.807) is 0 Å². The van der Waals surface area contributed by atoms with E-state index < -0.39 is 0 Å². The number of hydrogen-bond donors (Lipinski definition) is 1. The summed E-state index contributed by atoms with van der Waals surface area (Å²) in [6, 6.07) is 0.537. The first kappa shape index (κ1) is 12.0. The molecule has 0 amide bonds. The smallest absolute Gasteiger partial charge is 0.0540 e. The minimum atomic E-state index is 0.537.